The molecule has 2 unspecified atom stereocenters. The topological polar surface area (TPSA) is 46.3 Å². The van der Waals surface area contributed by atoms with E-state index in [2.05, 4.69) is 18.1 Å². The average molecular weight is 258 g/mol. The van der Waals surface area contributed by atoms with Crippen LogP contribution in [0.3, 0.4) is 0 Å². The largest absolute Gasteiger partial charge is 0.343 e. The Morgan fingerprint density at radius 2 is 2.24 bits per heavy atom. The number of carbonyl (C=O) groups excluding carboxylic acids is 1. The third-order valence-corrected chi connectivity index (χ3v) is 4.87. The molecule has 1 rings (SSSR count). The molecule has 4 heteroatoms. The zero-order valence-electron chi connectivity index (χ0n) is 11.2. The van der Waals surface area contributed by atoms with Crippen molar-refractivity contribution in [2.45, 2.75) is 44.3 Å². The predicted molar refractivity (Wildman–Crippen MR) is 75.2 cm³/mol. The van der Waals surface area contributed by atoms with Crippen LogP contribution < -0.4 is 5.73 Å². The van der Waals surface area contributed by atoms with Crippen LogP contribution >= 0.6 is 11.8 Å². The Hall–Kier alpha value is -0.220. The minimum Gasteiger partial charge on any atom is -0.343 e. The van der Waals surface area contributed by atoms with Crippen LogP contribution in [0.15, 0.2) is 0 Å². The molecule has 17 heavy (non-hydrogen) atoms. The van der Waals surface area contributed by atoms with Gasteiger partial charge in [0.05, 0.1) is 0 Å². The number of rotatable bonds is 5. The van der Waals surface area contributed by atoms with Crippen molar-refractivity contribution in [3.63, 3.8) is 0 Å². The molecule has 1 heterocycles. The maximum atomic E-state index is 12.1. The monoisotopic (exact) mass is 258 g/mol. The summed E-state index contributed by atoms with van der Waals surface area (Å²) in [5.41, 5.74) is 5.66. The fraction of sp³-hybridized carbons (Fsp3) is 0.923. The standard InChI is InChI=1S/C13H26N2OS/c1-3-11(10-14)9-13(16)15-7-4-5-12(17-2)6-8-15/h11-12H,3-10,14H2,1-2H3. The number of amides is 1. The maximum Gasteiger partial charge on any atom is 0.222 e. The average Bonchev–Trinajstić information content (AvgIpc) is 2.60. The zero-order chi connectivity index (χ0) is 12.7. The lowest BCUT2D eigenvalue weighted by atomic mass is 10.0. The van der Waals surface area contributed by atoms with Crippen molar-refractivity contribution in [2.75, 3.05) is 25.9 Å². The van der Waals surface area contributed by atoms with Crippen LogP contribution in [0.2, 0.25) is 0 Å². The minimum atomic E-state index is 0.309. The van der Waals surface area contributed by atoms with Gasteiger partial charge in [0.25, 0.3) is 0 Å². The minimum absolute atomic E-state index is 0.309. The highest BCUT2D eigenvalue weighted by Gasteiger charge is 2.21. The summed E-state index contributed by atoms with van der Waals surface area (Å²) in [7, 11) is 0. The lowest BCUT2D eigenvalue weighted by Gasteiger charge is -2.23. The first kappa shape index (κ1) is 14.8. The van der Waals surface area contributed by atoms with Gasteiger partial charge in [-0.2, -0.15) is 11.8 Å². The van der Waals surface area contributed by atoms with E-state index in [-0.39, 0.29) is 0 Å². The van der Waals surface area contributed by atoms with Crippen LogP contribution in [0, 0.1) is 5.92 Å². The summed E-state index contributed by atoms with van der Waals surface area (Å²) in [6, 6.07) is 0. The van der Waals surface area contributed by atoms with E-state index in [4.69, 9.17) is 5.73 Å². The van der Waals surface area contributed by atoms with E-state index in [9.17, 15) is 4.79 Å². The molecule has 1 fully saturated rings. The van der Waals surface area contributed by atoms with E-state index in [0.29, 0.717) is 24.8 Å². The number of nitrogens with two attached hydrogens (primary N) is 1. The first-order valence-corrected chi connectivity index (χ1v) is 8.00. The normalized spacial score (nSPS) is 23.2. The Labute approximate surface area is 109 Å². The van der Waals surface area contributed by atoms with E-state index in [0.717, 1.165) is 37.6 Å². The highest BCUT2D eigenvalue weighted by atomic mass is 32.2. The molecular weight excluding hydrogens is 232 g/mol. The Morgan fingerprint density at radius 3 is 2.82 bits per heavy atom. The van der Waals surface area contributed by atoms with Gasteiger partial charge in [-0.05, 0) is 38.0 Å². The Morgan fingerprint density at radius 1 is 1.47 bits per heavy atom. The molecule has 1 amide bonds. The fourth-order valence-corrected chi connectivity index (χ4v) is 3.06. The van der Waals surface area contributed by atoms with Gasteiger partial charge >= 0.3 is 0 Å². The van der Waals surface area contributed by atoms with Gasteiger partial charge < -0.3 is 10.6 Å². The van der Waals surface area contributed by atoms with Crippen molar-refractivity contribution >= 4 is 17.7 Å². The predicted octanol–water partition coefficient (Wildman–Crippen LogP) is 2.11. The summed E-state index contributed by atoms with van der Waals surface area (Å²) in [5, 5.41) is 0.740. The van der Waals surface area contributed by atoms with E-state index in [1.54, 1.807) is 0 Å². The van der Waals surface area contributed by atoms with Gasteiger partial charge in [0, 0.05) is 24.8 Å². The quantitative estimate of drug-likeness (QED) is 0.821. The molecule has 0 aromatic rings. The highest BCUT2D eigenvalue weighted by Crippen LogP contribution is 2.22. The first-order valence-electron chi connectivity index (χ1n) is 6.71. The Bertz CT molecular complexity index is 231. The fourth-order valence-electron chi connectivity index (χ4n) is 2.32. The van der Waals surface area contributed by atoms with Crippen LogP contribution in [0.25, 0.3) is 0 Å². The lowest BCUT2D eigenvalue weighted by Crippen LogP contribution is -2.34. The highest BCUT2D eigenvalue weighted by molar-refractivity contribution is 7.99. The summed E-state index contributed by atoms with van der Waals surface area (Å²) in [6.07, 6.45) is 7.35. The van der Waals surface area contributed by atoms with Gasteiger partial charge in [-0.25, -0.2) is 0 Å². The number of likely N-dealkylation sites (tertiary alicyclic amines) is 1. The maximum absolute atomic E-state index is 12.1. The number of hydrogen-bond donors (Lipinski definition) is 1. The second kappa shape index (κ2) is 7.98. The second-order valence-corrected chi connectivity index (χ2v) is 6.02. The Balaban J connectivity index is 2.41. The van der Waals surface area contributed by atoms with Crippen LogP contribution in [0.1, 0.15) is 39.0 Å². The molecule has 1 aliphatic heterocycles. The molecule has 3 nitrogen and oxygen atoms in total. The van der Waals surface area contributed by atoms with Crippen molar-refractivity contribution in [1.82, 2.24) is 4.90 Å². The molecule has 0 radical (unpaired) electrons. The third kappa shape index (κ3) is 4.88. The smallest absolute Gasteiger partial charge is 0.222 e. The molecular formula is C13H26N2OS. The summed E-state index contributed by atoms with van der Waals surface area (Å²) >= 11 is 1.94. The molecule has 0 spiro atoms. The third-order valence-electron chi connectivity index (χ3n) is 3.74. The molecule has 0 saturated carbocycles. The SMILES string of the molecule is CCC(CN)CC(=O)N1CCCC(SC)CC1. The molecule has 1 aliphatic rings. The van der Waals surface area contributed by atoms with Gasteiger partial charge in [0.2, 0.25) is 5.91 Å². The van der Waals surface area contributed by atoms with E-state index < -0.39 is 0 Å². The number of nitrogens with zero attached hydrogens (tertiary/aromatic N) is 1. The van der Waals surface area contributed by atoms with Crippen molar-refractivity contribution in [1.29, 1.82) is 0 Å². The Kier molecular flexibility index (Phi) is 6.97. The lowest BCUT2D eigenvalue weighted by molar-refractivity contribution is -0.132. The molecule has 1 saturated heterocycles. The second-order valence-electron chi connectivity index (χ2n) is 4.88. The zero-order valence-corrected chi connectivity index (χ0v) is 12.0. The van der Waals surface area contributed by atoms with Crippen molar-refractivity contribution in [2.24, 2.45) is 11.7 Å². The van der Waals surface area contributed by atoms with Gasteiger partial charge in [-0.15, -0.1) is 0 Å². The van der Waals surface area contributed by atoms with E-state index >= 15 is 0 Å². The summed E-state index contributed by atoms with van der Waals surface area (Å²) in [5.74, 6) is 0.672. The van der Waals surface area contributed by atoms with Gasteiger partial charge in [-0.1, -0.05) is 13.3 Å². The first-order chi connectivity index (χ1) is 8.21. The molecule has 0 bridgehead atoms. The molecule has 100 valence electrons. The number of carbonyl (C=O) groups is 1. The summed E-state index contributed by atoms with van der Waals surface area (Å²) in [4.78, 5) is 14.2. The molecule has 0 aromatic carbocycles. The van der Waals surface area contributed by atoms with Crippen LogP contribution in [0.5, 0.6) is 0 Å². The van der Waals surface area contributed by atoms with Gasteiger partial charge in [-0.3, -0.25) is 4.79 Å². The van der Waals surface area contributed by atoms with E-state index in [1.807, 2.05) is 11.8 Å². The molecule has 2 atom stereocenters. The molecule has 0 aromatic heterocycles. The van der Waals surface area contributed by atoms with Crippen LogP contribution in [-0.2, 0) is 4.79 Å². The van der Waals surface area contributed by atoms with Crippen molar-refractivity contribution in [3.8, 4) is 0 Å². The molecule has 0 aliphatic carbocycles. The van der Waals surface area contributed by atoms with Gasteiger partial charge in [0.15, 0.2) is 0 Å². The summed E-state index contributed by atoms with van der Waals surface area (Å²) in [6.45, 7) is 4.61. The molecule has 2 N–H and O–H groups in total. The number of hydrogen-bond acceptors (Lipinski definition) is 3. The van der Waals surface area contributed by atoms with Crippen molar-refractivity contribution in [3.05, 3.63) is 0 Å². The van der Waals surface area contributed by atoms with Gasteiger partial charge in [0.1, 0.15) is 0 Å². The van der Waals surface area contributed by atoms with Crippen LogP contribution in [0.4, 0.5) is 0 Å². The summed E-state index contributed by atoms with van der Waals surface area (Å²) < 4.78 is 0. The number of thioether (sulfide) groups is 1. The van der Waals surface area contributed by atoms with E-state index in [1.165, 1.54) is 6.42 Å². The van der Waals surface area contributed by atoms with Crippen molar-refractivity contribution < 1.29 is 4.79 Å². The van der Waals surface area contributed by atoms with Crippen LogP contribution in [-0.4, -0.2) is 41.9 Å².